The molecule has 2 unspecified atom stereocenters. The van der Waals surface area contributed by atoms with Crippen molar-refractivity contribution in [1.82, 2.24) is 4.90 Å². The molecular weight excluding hydrogens is 430 g/mol. The lowest BCUT2D eigenvalue weighted by atomic mass is 9.65. The van der Waals surface area contributed by atoms with Crippen LogP contribution >= 0.6 is 0 Å². The summed E-state index contributed by atoms with van der Waals surface area (Å²) in [5.41, 5.74) is -0.225. The molecule has 0 saturated carbocycles. The SMILES string of the molecule is CCC(=O)C12CN(Cc3ccccc3)C(=O)C1(O)OOC(c1ccccc1)(c1ccccc1)C2. The third-order valence-electron chi connectivity index (χ3n) is 7.09. The van der Waals surface area contributed by atoms with E-state index in [4.69, 9.17) is 9.78 Å². The highest BCUT2D eigenvalue weighted by Crippen LogP contribution is 2.57. The lowest BCUT2D eigenvalue weighted by Gasteiger charge is -2.49. The standard InChI is InChI=1S/C28H27NO5/c1-2-24(30)26-19-27(22-14-8-4-9-15-22,23-16-10-5-11-17-23)33-34-28(26,32)25(31)29(20-26)18-21-12-6-3-7-13-21/h3-17,32H,2,18-20H2,1H3. The van der Waals surface area contributed by atoms with Gasteiger partial charge in [-0.1, -0.05) is 97.9 Å². The number of hydrogen-bond donors (Lipinski definition) is 1. The van der Waals surface area contributed by atoms with Crippen LogP contribution in [0.15, 0.2) is 91.0 Å². The Labute approximate surface area is 198 Å². The molecule has 5 rings (SSSR count). The van der Waals surface area contributed by atoms with Gasteiger partial charge in [-0.3, -0.25) is 9.59 Å². The van der Waals surface area contributed by atoms with Crippen LogP contribution in [0.5, 0.6) is 0 Å². The van der Waals surface area contributed by atoms with E-state index in [-0.39, 0.29) is 31.7 Å². The number of Topliss-reactive ketones (excluding diaryl/α,β-unsaturated/α-hetero) is 1. The summed E-state index contributed by atoms with van der Waals surface area (Å²) < 4.78 is 0. The minimum absolute atomic E-state index is 0.0364. The summed E-state index contributed by atoms with van der Waals surface area (Å²) in [6, 6.07) is 28.5. The van der Waals surface area contributed by atoms with Gasteiger partial charge in [-0.2, -0.15) is 4.89 Å². The fourth-order valence-corrected chi connectivity index (χ4v) is 5.33. The molecule has 0 radical (unpaired) electrons. The third-order valence-corrected chi connectivity index (χ3v) is 7.09. The highest BCUT2D eigenvalue weighted by Gasteiger charge is 2.74. The molecule has 6 heteroatoms. The molecule has 1 amide bonds. The van der Waals surface area contributed by atoms with E-state index in [1.807, 2.05) is 91.0 Å². The van der Waals surface area contributed by atoms with E-state index >= 15 is 0 Å². The number of hydrogen-bond acceptors (Lipinski definition) is 5. The molecule has 2 saturated heterocycles. The van der Waals surface area contributed by atoms with Crippen molar-refractivity contribution < 1.29 is 24.5 Å². The van der Waals surface area contributed by atoms with E-state index in [0.29, 0.717) is 0 Å². The molecule has 2 aliphatic heterocycles. The Kier molecular flexibility index (Phi) is 5.60. The first kappa shape index (κ1) is 22.5. The van der Waals surface area contributed by atoms with E-state index in [1.54, 1.807) is 6.92 Å². The van der Waals surface area contributed by atoms with Gasteiger partial charge in [0.15, 0.2) is 5.60 Å². The van der Waals surface area contributed by atoms with Crippen molar-refractivity contribution in [3.05, 3.63) is 108 Å². The second-order valence-electron chi connectivity index (χ2n) is 9.05. The van der Waals surface area contributed by atoms with E-state index < -0.39 is 22.7 Å². The molecule has 3 aromatic carbocycles. The summed E-state index contributed by atoms with van der Waals surface area (Å²) in [6.07, 6.45) is 0.214. The van der Waals surface area contributed by atoms with Crippen molar-refractivity contribution in [3.63, 3.8) is 0 Å². The van der Waals surface area contributed by atoms with Gasteiger partial charge in [0, 0.05) is 25.9 Å². The molecule has 2 atom stereocenters. The first-order valence-corrected chi connectivity index (χ1v) is 11.5. The molecule has 0 spiro atoms. The van der Waals surface area contributed by atoms with Gasteiger partial charge in [-0.05, 0) is 16.7 Å². The number of carbonyl (C=O) groups is 2. The van der Waals surface area contributed by atoms with Crippen LogP contribution < -0.4 is 0 Å². The lowest BCUT2D eigenvalue weighted by molar-refractivity contribution is -0.487. The van der Waals surface area contributed by atoms with Crippen molar-refractivity contribution in [2.24, 2.45) is 5.41 Å². The second kappa shape index (κ2) is 8.47. The Morgan fingerprint density at radius 1 is 0.882 bits per heavy atom. The molecule has 0 bridgehead atoms. The zero-order valence-electron chi connectivity index (χ0n) is 19.0. The number of fused-ring (bicyclic) bond motifs is 1. The fraction of sp³-hybridized carbons (Fsp3) is 0.286. The average molecular weight is 458 g/mol. The zero-order valence-corrected chi connectivity index (χ0v) is 19.0. The van der Waals surface area contributed by atoms with Crippen LogP contribution in [-0.4, -0.2) is 34.0 Å². The third kappa shape index (κ3) is 3.29. The van der Waals surface area contributed by atoms with Crippen LogP contribution in [0, 0.1) is 5.41 Å². The molecule has 174 valence electrons. The summed E-state index contributed by atoms with van der Waals surface area (Å²) >= 11 is 0. The van der Waals surface area contributed by atoms with Crippen molar-refractivity contribution in [1.29, 1.82) is 0 Å². The zero-order chi connectivity index (χ0) is 23.8. The monoisotopic (exact) mass is 457 g/mol. The molecular formula is C28H27NO5. The van der Waals surface area contributed by atoms with Crippen LogP contribution in [-0.2, 0) is 31.5 Å². The summed E-state index contributed by atoms with van der Waals surface area (Å²) in [7, 11) is 0. The smallest absolute Gasteiger partial charge is 0.293 e. The minimum atomic E-state index is -2.40. The first-order chi connectivity index (χ1) is 16.5. The van der Waals surface area contributed by atoms with Gasteiger partial charge in [0.25, 0.3) is 11.7 Å². The van der Waals surface area contributed by atoms with Crippen molar-refractivity contribution in [3.8, 4) is 0 Å². The highest BCUT2D eigenvalue weighted by molar-refractivity contribution is 5.99. The maximum absolute atomic E-state index is 13.6. The molecule has 6 nitrogen and oxygen atoms in total. The summed E-state index contributed by atoms with van der Waals surface area (Å²) in [5.74, 6) is -3.30. The fourth-order valence-electron chi connectivity index (χ4n) is 5.33. The Morgan fingerprint density at radius 2 is 1.41 bits per heavy atom. The summed E-state index contributed by atoms with van der Waals surface area (Å²) in [4.78, 5) is 40.2. The molecule has 0 aliphatic carbocycles. The predicted octanol–water partition coefficient (Wildman–Crippen LogP) is 3.98. The van der Waals surface area contributed by atoms with Gasteiger partial charge in [0.2, 0.25) is 0 Å². The first-order valence-electron chi connectivity index (χ1n) is 11.5. The minimum Gasteiger partial charge on any atom is -0.355 e. The second-order valence-corrected chi connectivity index (χ2v) is 9.05. The predicted molar refractivity (Wildman–Crippen MR) is 125 cm³/mol. The molecule has 2 aliphatic rings. The largest absolute Gasteiger partial charge is 0.355 e. The maximum Gasteiger partial charge on any atom is 0.293 e. The Balaban J connectivity index is 1.64. The molecule has 3 aromatic rings. The molecule has 2 heterocycles. The van der Waals surface area contributed by atoms with Crippen LogP contribution in [0.4, 0.5) is 0 Å². The van der Waals surface area contributed by atoms with Gasteiger partial charge < -0.3 is 10.0 Å². The van der Waals surface area contributed by atoms with Gasteiger partial charge in [0.05, 0.1) is 0 Å². The molecule has 1 N–H and O–H groups in total. The maximum atomic E-state index is 13.6. The molecule has 2 fully saturated rings. The van der Waals surface area contributed by atoms with Crippen LogP contribution in [0.2, 0.25) is 0 Å². The number of ketones is 1. The number of carbonyl (C=O) groups excluding carboxylic acids is 2. The number of rotatable bonds is 6. The highest BCUT2D eigenvalue weighted by atomic mass is 17.2. The van der Waals surface area contributed by atoms with Crippen molar-refractivity contribution in [2.45, 2.75) is 37.7 Å². The van der Waals surface area contributed by atoms with Crippen LogP contribution in [0.3, 0.4) is 0 Å². The normalized spacial score (nSPS) is 25.7. The Bertz CT molecular complexity index is 1140. The van der Waals surface area contributed by atoms with E-state index in [2.05, 4.69) is 0 Å². The quantitative estimate of drug-likeness (QED) is 0.567. The van der Waals surface area contributed by atoms with Crippen LogP contribution in [0.1, 0.15) is 36.5 Å². The number of amides is 1. The summed E-state index contributed by atoms with van der Waals surface area (Å²) in [5, 5.41) is 11.6. The van der Waals surface area contributed by atoms with Gasteiger partial charge in [-0.25, -0.2) is 4.89 Å². The number of benzene rings is 3. The van der Waals surface area contributed by atoms with Gasteiger partial charge in [-0.15, -0.1) is 0 Å². The van der Waals surface area contributed by atoms with Crippen LogP contribution in [0.25, 0.3) is 0 Å². The number of likely N-dealkylation sites (tertiary alicyclic amines) is 1. The number of nitrogens with zero attached hydrogens (tertiary/aromatic N) is 1. The lowest BCUT2D eigenvalue weighted by Crippen LogP contribution is -2.63. The molecule has 0 aromatic heterocycles. The van der Waals surface area contributed by atoms with Crippen molar-refractivity contribution in [2.75, 3.05) is 6.54 Å². The number of aliphatic hydroxyl groups is 1. The topological polar surface area (TPSA) is 76.1 Å². The Hall–Kier alpha value is -3.32. The van der Waals surface area contributed by atoms with E-state index in [1.165, 1.54) is 4.90 Å². The van der Waals surface area contributed by atoms with Gasteiger partial charge in [0.1, 0.15) is 11.2 Å². The summed E-state index contributed by atoms with van der Waals surface area (Å²) in [6.45, 7) is 2.03. The van der Waals surface area contributed by atoms with Crippen molar-refractivity contribution >= 4 is 11.7 Å². The Morgan fingerprint density at radius 3 is 1.94 bits per heavy atom. The van der Waals surface area contributed by atoms with E-state index in [9.17, 15) is 14.7 Å². The van der Waals surface area contributed by atoms with E-state index in [0.717, 1.165) is 16.7 Å². The van der Waals surface area contributed by atoms with Gasteiger partial charge >= 0.3 is 0 Å². The molecule has 34 heavy (non-hydrogen) atoms. The average Bonchev–Trinajstić information content (AvgIpc) is 3.11.